The molecular formula is C21H29N5O. The Kier molecular flexibility index (Phi) is 6.40. The molecule has 1 fully saturated rings. The summed E-state index contributed by atoms with van der Waals surface area (Å²) < 4.78 is 0. The van der Waals surface area contributed by atoms with Crippen molar-refractivity contribution in [3.63, 3.8) is 0 Å². The van der Waals surface area contributed by atoms with Crippen LogP contribution in [0.3, 0.4) is 0 Å². The molecule has 2 aromatic rings. The van der Waals surface area contributed by atoms with E-state index in [0.717, 1.165) is 31.9 Å². The zero-order valence-corrected chi connectivity index (χ0v) is 16.4. The summed E-state index contributed by atoms with van der Waals surface area (Å²) in [7, 11) is 4.10. The van der Waals surface area contributed by atoms with Crippen molar-refractivity contribution in [2.75, 3.05) is 38.6 Å². The number of aryl methyl sites for hydroxylation is 1. The number of carbonyl (C=O) groups excluding carboxylic acids is 1. The van der Waals surface area contributed by atoms with E-state index in [1.807, 2.05) is 6.07 Å². The fraction of sp³-hybridized carbons (Fsp3) is 0.476. The monoisotopic (exact) mass is 367 g/mol. The van der Waals surface area contributed by atoms with Crippen LogP contribution >= 0.6 is 0 Å². The van der Waals surface area contributed by atoms with Crippen molar-refractivity contribution in [3.05, 3.63) is 53.9 Å². The summed E-state index contributed by atoms with van der Waals surface area (Å²) >= 11 is 0. The molecule has 1 aliphatic heterocycles. The van der Waals surface area contributed by atoms with Gasteiger partial charge in [-0.15, -0.1) is 0 Å². The number of piperidine rings is 1. The van der Waals surface area contributed by atoms with E-state index in [2.05, 4.69) is 70.4 Å². The van der Waals surface area contributed by atoms with E-state index in [1.165, 1.54) is 11.1 Å². The number of rotatable bonds is 6. The van der Waals surface area contributed by atoms with Crippen LogP contribution in [0.2, 0.25) is 0 Å². The molecule has 1 unspecified atom stereocenters. The third-order valence-electron chi connectivity index (χ3n) is 5.26. The Morgan fingerprint density at radius 1 is 1.19 bits per heavy atom. The molecular weight excluding hydrogens is 338 g/mol. The molecule has 6 nitrogen and oxygen atoms in total. The summed E-state index contributed by atoms with van der Waals surface area (Å²) in [4.78, 5) is 25.6. The zero-order valence-electron chi connectivity index (χ0n) is 16.4. The van der Waals surface area contributed by atoms with E-state index in [0.29, 0.717) is 6.54 Å². The second-order valence-electron chi connectivity index (χ2n) is 7.45. The van der Waals surface area contributed by atoms with E-state index >= 15 is 0 Å². The highest BCUT2D eigenvalue weighted by Crippen LogP contribution is 2.22. The van der Waals surface area contributed by atoms with Gasteiger partial charge in [0.05, 0.1) is 6.04 Å². The Bertz CT molecular complexity index is 724. The topological polar surface area (TPSA) is 61.4 Å². The number of aromatic nitrogens is 2. The highest BCUT2D eigenvalue weighted by molar-refractivity contribution is 5.79. The van der Waals surface area contributed by atoms with Gasteiger partial charge in [-0.3, -0.25) is 4.79 Å². The standard InChI is InChI=1S/C21H29N5O/c1-16-5-7-17(8-6-16)19(25(2)3)15-24-20(27)18-9-13-26(14-10-18)21-22-11-4-12-23-21/h4-8,11-12,18-19H,9-10,13-15H2,1-3H3,(H,24,27). The van der Waals surface area contributed by atoms with E-state index < -0.39 is 0 Å². The Balaban J connectivity index is 1.52. The highest BCUT2D eigenvalue weighted by atomic mass is 16.1. The Hall–Kier alpha value is -2.47. The summed E-state index contributed by atoms with van der Waals surface area (Å²) in [6.45, 7) is 4.34. The van der Waals surface area contributed by atoms with Gasteiger partial charge < -0.3 is 15.1 Å². The van der Waals surface area contributed by atoms with Gasteiger partial charge in [-0.05, 0) is 45.5 Å². The first-order chi connectivity index (χ1) is 13.0. The second kappa shape index (κ2) is 8.95. The van der Waals surface area contributed by atoms with Gasteiger partial charge in [0, 0.05) is 37.9 Å². The van der Waals surface area contributed by atoms with Crippen molar-refractivity contribution in [3.8, 4) is 0 Å². The first-order valence-corrected chi connectivity index (χ1v) is 9.57. The molecule has 144 valence electrons. The lowest BCUT2D eigenvalue weighted by Gasteiger charge is -2.32. The lowest BCUT2D eigenvalue weighted by Crippen LogP contribution is -2.43. The molecule has 0 saturated carbocycles. The molecule has 1 aromatic heterocycles. The van der Waals surface area contributed by atoms with Gasteiger partial charge in [-0.2, -0.15) is 0 Å². The van der Waals surface area contributed by atoms with Gasteiger partial charge in [-0.1, -0.05) is 29.8 Å². The van der Waals surface area contributed by atoms with Crippen molar-refractivity contribution < 1.29 is 4.79 Å². The number of benzene rings is 1. The third kappa shape index (κ3) is 5.04. The average molecular weight is 367 g/mol. The maximum absolute atomic E-state index is 12.7. The molecule has 1 amide bonds. The van der Waals surface area contributed by atoms with Gasteiger partial charge in [0.1, 0.15) is 0 Å². The molecule has 3 rings (SSSR count). The normalized spacial score (nSPS) is 16.4. The molecule has 0 spiro atoms. The van der Waals surface area contributed by atoms with E-state index in [4.69, 9.17) is 0 Å². The SMILES string of the molecule is Cc1ccc(C(CNC(=O)C2CCN(c3ncccn3)CC2)N(C)C)cc1. The van der Waals surface area contributed by atoms with Gasteiger partial charge >= 0.3 is 0 Å². The smallest absolute Gasteiger partial charge is 0.225 e. The van der Waals surface area contributed by atoms with Crippen LogP contribution in [0.25, 0.3) is 0 Å². The molecule has 1 atom stereocenters. The minimum atomic E-state index is 0.0609. The second-order valence-corrected chi connectivity index (χ2v) is 7.45. The highest BCUT2D eigenvalue weighted by Gasteiger charge is 2.26. The van der Waals surface area contributed by atoms with Gasteiger partial charge in [-0.25, -0.2) is 9.97 Å². The summed E-state index contributed by atoms with van der Waals surface area (Å²) in [5.74, 6) is 0.969. The van der Waals surface area contributed by atoms with E-state index in [9.17, 15) is 4.79 Å². The predicted octanol–water partition coefficient (Wildman–Crippen LogP) is 2.42. The lowest BCUT2D eigenvalue weighted by atomic mass is 9.95. The van der Waals surface area contributed by atoms with Crippen molar-refractivity contribution in [1.29, 1.82) is 0 Å². The number of nitrogens with one attached hydrogen (secondary N) is 1. The minimum Gasteiger partial charge on any atom is -0.354 e. The maximum Gasteiger partial charge on any atom is 0.225 e. The number of carbonyl (C=O) groups is 1. The van der Waals surface area contributed by atoms with Gasteiger partial charge in [0.15, 0.2) is 0 Å². The molecule has 1 saturated heterocycles. The summed E-state index contributed by atoms with van der Waals surface area (Å²) in [5.41, 5.74) is 2.47. The molecule has 0 radical (unpaired) electrons. The molecule has 0 bridgehead atoms. The number of nitrogens with zero attached hydrogens (tertiary/aromatic N) is 4. The maximum atomic E-state index is 12.7. The quantitative estimate of drug-likeness (QED) is 0.850. The van der Waals surface area contributed by atoms with Crippen LogP contribution < -0.4 is 10.2 Å². The summed E-state index contributed by atoms with van der Waals surface area (Å²) in [6.07, 6.45) is 5.18. The predicted molar refractivity (Wildman–Crippen MR) is 108 cm³/mol. The number of hydrogen-bond acceptors (Lipinski definition) is 5. The number of anilines is 1. The summed E-state index contributed by atoms with van der Waals surface area (Å²) in [5, 5.41) is 3.17. The van der Waals surface area contributed by atoms with Crippen LogP contribution in [0.15, 0.2) is 42.7 Å². The van der Waals surface area contributed by atoms with Crippen LogP contribution in [0.1, 0.15) is 30.0 Å². The van der Waals surface area contributed by atoms with Crippen LogP contribution in [-0.4, -0.2) is 54.5 Å². The molecule has 27 heavy (non-hydrogen) atoms. The molecule has 1 N–H and O–H groups in total. The van der Waals surface area contributed by atoms with Gasteiger partial charge in [0.25, 0.3) is 0 Å². The van der Waals surface area contributed by atoms with E-state index in [-0.39, 0.29) is 17.9 Å². The zero-order chi connectivity index (χ0) is 19.2. The summed E-state index contributed by atoms with van der Waals surface area (Å²) in [6, 6.07) is 10.5. The fourth-order valence-corrected chi connectivity index (χ4v) is 3.52. The molecule has 2 heterocycles. The first-order valence-electron chi connectivity index (χ1n) is 9.57. The fourth-order valence-electron chi connectivity index (χ4n) is 3.52. The van der Waals surface area contributed by atoms with Crippen LogP contribution in [0.5, 0.6) is 0 Å². The molecule has 6 heteroatoms. The lowest BCUT2D eigenvalue weighted by molar-refractivity contribution is -0.125. The third-order valence-corrected chi connectivity index (χ3v) is 5.26. The van der Waals surface area contributed by atoms with Crippen molar-refractivity contribution in [1.82, 2.24) is 20.2 Å². The number of hydrogen-bond donors (Lipinski definition) is 1. The molecule has 0 aliphatic carbocycles. The average Bonchev–Trinajstić information content (AvgIpc) is 2.70. The van der Waals surface area contributed by atoms with Crippen LogP contribution in [-0.2, 0) is 4.79 Å². The first kappa shape index (κ1) is 19.3. The van der Waals surface area contributed by atoms with Crippen molar-refractivity contribution in [2.24, 2.45) is 5.92 Å². The number of amides is 1. The number of likely N-dealkylation sites (N-methyl/N-ethyl adjacent to an activating group) is 1. The Morgan fingerprint density at radius 2 is 1.81 bits per heavy atom. The Labute approximate surface area is 161 Å². The van der Waals surface area contributed by atoms with Gasteiger partial charge in [0.2, 0.25) is 11.9 Å². The molecule has 1 aromatic carbocycles. The van der Waals surface area contributed by atoms with Crippen molar-refractivity contribution >= 4 is 11.9 Å². The van der Waals surface area contributed by atoms with E-state index in [1.54, 1.807) is 12.4 Å². The van der Waals surface area contributed by atoms with Crippen molar-refractivity contribution in [2.45, 2.75) is 25.8 Å². The largest absolute Gasteiger partial charge is 0.354 e. The minimum absolute atomic E-state index is 0.0609. The van der Waals surface area contributed by atoms with Crippen LogP contribution in [0, 0.1) is 12.8 Å². The van der Waals surface area contributed by atoms with Crippen LogP contribution in [0.4, 0.5) is 5.95 Å². The Morgan fingerprint density at radius 3 is 2.41 bits per heavy atom. The molecule has 1 aliphatic rings.